The van der Waals surface area contributed by atoms with Crippen LogP contribution in [0.5, 0.6) is 0 Å². The van der Waals surface area contributed by atoms with E-state index in [1.807, 2.05) is 44.2 Å². The first kappa shape index (κ1) is 18.6. The zero-order valence-corrected chi connectivity index (χ0v) is 17.1. The van der Waals surface area contributed by atoms with Crippen molar-refractivity contribution in [2.24, 2.45) is 0 Å². The third kappa shape index (κ3) is 3.41. The maximum Gasteiger partial charge on any atom is 0.263 e. The quantitative estimate of drug-likeness (QED) is 0.263. The van der Waals surface area contributed by atoms with Gasteiger partial charge in [0.15, 0.2) is 5.16 Å². The summed E-state index contributed by atoms with van der Waals surface area (Å²) in [5.74, 6) is 1.40. The fraction of sp³-hybridized carbons (Fsp3) is 0.200. The van der Waals surface area contributed by atoms with Crippen molar-refractivity contribution in [2.75, 3.05) is 0 Å². The van der Waals surface area contributed by atoms with Gasteiger partial charge in [0.2, 0.25) is 11.8 Å². The lowest BCUT2D eigenvalue weighted by atomic mass is 10.2. The summed E-state index contributed by atoms with van der Waals surface area (Å²) >= 11 is 2.95. The molecule has 1 aromatic carbocycles. The number of nitrogens with zero attached hydrogens (tertiary/aromatic N) is 4. The molecule has 3 aromatic heterocycles. The van der Waals surface area contributed by atoms with E-state index in [0.29, 0.717) is 34.6 Å². The lowest BCUT2D eigenvalue weighted by Gasteiger charge is -2.09. The molecule has 8 heteroatoms. The largest absolute Gasteiger partial charge is 0.420 e. The van der Waals surface area contributed by atoms with Crippen LogP contribution in [-0.4, -0.2) is 19.7 Å². The number of aromatic nitrogens is 4. The zero-order valence-electron chi connectivity index (χ0n) is 15.5. The highest BCUT2D eigenvalue weighted by Crippen LogP contribution is 2.29. The Hall–Kier alpha value is -2.71. The maximum absolute atomic E-state index is 13.0. The molecule has 28 heavy (non-hydrogen) atoms. The summed E-state index contributed by atoms with van der Waals surface area (Å²) < 4.78 is 7.40. The van der Waals surface area contributed by atoms with Gasteiger partial charge in [-0.2, -0.15) is 0 Å². The molecule has 0 N–H and O–H groups in total. The van der Waals surface area contributed by atoms with Crippen LogP contribution in [0.3, 0.4) is 0 Å². The van der Waals surface area contributed by atoms with Crippen LogP contribution in [0.1, 0.15) is 16.3 Å². The van der Waals surface area contributed by atoms with Crippen molar-refractivity contribution < 1.29 is 4.42 Å². The van der Waals surface area contributed by atoms with Crippen LogP contribution in [0.2, 0.25) is 0 Å². The summed E-state index contributed by atoms with van der Waals surface area (Å²) in [5, 5.41) is 9.54. The molecule has 0 bridgehead atoms. The van der Waals surface area contributed by atoms with Crippen LogP contribution in [-0.2, 0) is 12.3 Å². The van der Waals surface area contributed by atoms with Gasteiger partial charge in [0, 0.05) is 17.0 Å². The fourth-order valence-corrected chi connectivity index (χ4v) is 4.76. The Bertz CT molecular complexity index is 1210. The summed E-state index contributed by atoms with van der Waals surface area (Å²) in [5.41, 5.74) is 1.83. The highest BCUT2D eigenvalue weighted by atomic mass is 32.2. The number of thioether (sulfide) groups is 1. The number of hydrogen-bond acceptors (Lipinski definition) is 7. The molecule has 0 aliphatic rings. The molecule has 6 nitrogen and oxygen atoms in total. The molecular formula is C20H18N4O2S2. The molecule has 0 fully saturated rings. The van der Waals surface area contributed by atoms with Gasteiger partial charge in [-0.3, -0.25) is 9.36 Å². The Balaban J connectivity index is 1.64. The van der Waals surface area contributed by atoms with Crippen molar-refractivity contribution >= 4 is 33.3 Å². The SMILES string of the molecule is C=CCn1c(SCc2nnc(-c3ccccc3)o2)nc2sc(C)c(C)c2c1=O. The first-order chi connectivity index (χ1) is 13.6. The minimum Gasteiger partial charge on any atom is -0.420 e. The number of hydrogen-bond donors (Lipinski definition) is 0. The summed E-state index contributed by atoms with van der Waals surface area (Å²) in [6, 6.07) is 9.62. The van der Waals surface area contributed by atoms with Gasteiger partial charge in [0.25, 0.3) is 5.56 Å². The van der Waals surface area contributed by atoms with Crippen molar-refractivity contribution in [3.8, 4) is 11.5 Å². The highest BCUT2D eigenvalue weighted by molar-refractivity contribution is 7.98. The molecule has 3 heterocycles. The second-order valence-corrected chi connectivity index (χ2v) is 8.36. The minimum atomic E-state index is -0.0373. The predicted molar refractivity (Wildman–Crippen MR) is 113 cm³/mol. The topological polar surface area (TPSA) is 73.8 Å². The van der Waals surface area contributed by atoms with Crippen LogP contribution in [0.4, 0.5) is 0 Å². The van der Waals surface area contributed by atoms with Crippen molar-refractivity contribution in [2.45, 2.75) is 31.3 Å². The average molecular weight is 411 g/mol. The molecule has 0 aliphatic carbocycles. The Morgan fingerprint density at radius 3 is 2.79 bits per heavy atom. The number of benzene rings is 1. The van der Waals surface area contributed by atoms with E-state index in [0.717, 1.165) is 20.8 Å². The molecule has 0 radical (unpaired) electrons. The molecular weight excluding hydrogens is 392 g/mol. The molecule has 0 saturated heterocycles. The minimum absolute atomic E-state index is 0.0373. The van der Waals surface area contributed by atoms with Crippen molar-refractivity contribution in [3.63, 3.8) is 0 Å². The van der Waals surface area contributed by atoms with Crippen LogP contribution in [0, 0.1) is 13.8 Å². The lowest BCUT2D eigenvalue weighted by Crippen LogP contribution is -2.22. The average Bonchev–Trinajstić information content (AvgIpc) is 3.28. The Morgan fingerprint density at radius 2 is 2.04 bits per heavy atom. The van der Waals surface area contributed by atoms with E-state index >= 15 is 0 Å². The van der Waals surface area contributed by atoms with Gasteiger partial charge in [-0.1, -0.05) is 36.0 Å². The van der Waals surface area contributed by atoms with E-state index in [1.165, 1.54) is 11.8 Å². The second-order valence-electron chi connectivity index (χ2n) is 6.22. The van der Waals surface area contributed by atoms with E-state index in [4.69, 9.17) is 9.40 Å². The monoisotopic (exact) mass is 410 g/mol. The summed E-state index contributed by atoms with van der Waals surface area (Å²) in [6.45, 7) is 8.14. The van der Waals surface area contributed by atoms with E-state index < -0.39 is 0 Å². The number of fused-ring (bicyclic) bond motifs is 1. The molecule has 0 amide bonds. The van der Waals surface area contributed by atoms with Crippen LogP contribution >= 0.6 is 23.1 Å². The van der Waals surface area contributed by atoms with Gasteiger partial charge in [-0.25, -0.2) is 4.98 Å². The van der Waals surface area contributed by atoms with Gasteiger partial charge in [-0.15, -0.1) is 28.1 Å². The van der Waals surface area contributed by atoms with Gasteiger partial charge in [0.05, 0.1) is 11.1 Å². The maximum atomic E-state index is 13.0. The normalized spacial score (nSPS) is 11.2. The Kier molecular flexibility index (Phi) is 5.15. The zero-order chi connectivity index (χ0) is 19.7. The predicted octanol–water partition coefficient (Wildman–Crippen LogP) is 4.60. The third-order valence-electron chi connectivity index (χ3n) is 4.38. The molecule has 0 unspecified atom stereocenters. The van der Waals surface area contributed by atoms with E-state index in [-0.39, 0.29) is 5.56 Å². The van der Waals surface area contributed by atoms with Gasteiger partial charge in [-0.05, 0) is 31.5 Å². The summed E-state index contributed by atoms with van der Waals surface area (Å²) in [4.78, 5) is 19.6. The van der Waals surface area contributed by atoms with E-state index in [1.54, 1.807) is 22.0 Å². The van der Waals surface area contributed by atoms with Crippen LogP contribution in [0.15, 0.2) is 57.4 Å². The molecule has 0 spiro atoms. The molecule has 4 aromatic rings. The molecule has 0 aliphatic heterocycles. The van der Waals surface area contributed by atoms with E-state index in [9.17, 15) is 4.79 Å². The first-order valence-corrected chi connectivity index (χ1v) is 10.5. The smallest absolute Gasteiger partial charge is 0.263 e. The number of aryl methyl sites for hydroxylation is 2. The molecule has 4 rings (SSSR count). The summed E-state index contributed by atoms with van der Waals surface area (Å²) in [7, 11) is 0. The van der Waals surface area contributed by atoms with Gasteiger partial charge < -0.3 is 4.42 Å². The molecule has 0 atom stereocenters. The van der Waals surface area contributed by atoms with Crippen molar-refractivity contribution in [3.05, 3.63) is 69.7 Å². The van der Waals surface area contributed by atoms with Crippen molar-refractivity contribution in [1.29, 1.82) is 0 Å². The third-order valence-corrected chi connectivity index (χ3v) is 6.44. The number of thiophene rings is 1. The number of rotatable bonds is 6. The van der Waals surface area contributed by atoms with Gasteiger partial charge >= 0.3 is 0 Å². The molecule has 0 saturated carbocycles. The lowest BCUT2D eigenvalue weighted by molar-refractivity contribution is 0.528. The van der Waals surface area contributed by atoms with Gasteiger partial charge in [0.1, 0.15) is 4.83 Å². The second kappa shape index (κ2) is 7.73. The first-order valence-electron chi connectivity index (χ1n) is 8.70. The Morgan fingerprint density at radius 1 is 1.25 bits per heavy atom. The molecule has 142 valence electrons. The van der Waals surface area contributed by atoms with E-state index in [2.05, 4.69) is 16.8 Å². The van der Waals surface area contributed by atoms with Crippen LogP contribution in [0.25, 0.3) is 21.7 Å². The number of allylic oxidation sites excluding steroid dienone is 1. The standard InChI is InChI=1S/C20H18N4O2S2/c1-4-10-24-19(25)16-12(2)13(3)28-18(16)21-20(24)27-11-15-22-23-17(26-15)14-8-6-5-7-9-14/h4-9H,1,10-11H2,2-3H3. The van der Waals surface area contributed by atoms with Crippen LogP contribution < -0.4 is 5.56 Å². The van der Waals surface area contributed by atoms with Crippen molar-refractivity contribution in [1.82, 2.24) is 19.7 Å². The highest BCUT2D eigenvalue weighted by Gasteiger charge is 2.17. The summed E-state index contributed by atoms with van der Waals surface area (Å²) in [6.07, 6.45) is 1.70. The Labute approximate surface area is 170 Å². The fourth-order valence-electron chi connectivity index (χ4n) is 2.84.